The van der Waals surface area contributed by atoms with E-state index in [1.54, 1.807) is 0 Å². The predicted octanol–water partition coefficient (Wildman–Crippen LogP) is 1.06. The van der Waals surface area contributed by atoms with E-state index in [1.807, 2.05) is 0 Å². The Balaban J connectivity index is 1.53. The Morgan fingerprint density at radius 2 is 2.18 bits per heavy atom. The zero-order chi connectivity index (χ0) is 11.9. The summed E-state index contributed by atoms with van der Waals surface area (Å²) in [4.78, 5) is 11.7. The van der Waals surface area contributed by atoms with Gasteiger partial charge >= 0.3 is 0 Å². The Labute approximate surface area is 103 Å². The SMILES string of the molecule is O=C(CC1CNCCO1)NCCC1CCCC1. The van der Waals surface area contributed by atoms with Crippen molar-refractivity contribution < 1.29 is 9.53 Å². The lowest BCUT2D eigenvalue weighted by molar-refractivity contribution is -0.124. The third-order valence-corrected chi connectivity index (χ3v) is 3.77. The summed E-state index contributed by atoms with van der Waals surface area (Å²) < 4.78 is 5.51. The lowest BCUT2D eigenvalue weighted by atomic mass is 10.0. The minimum Gasteiger partial charge on any atom is -0.375 e. The van der Waals surface area contributed by atoms with E-state index < -0.39 is 0 Å². The quantitative estimate of drug-likeness (QED) is 0.755. The molecule has 2 fully saturated rings. The molecule has 0 aromatic carbocycles. The van der Waals surface area contributed by atoms with Crippen LogP contribution in [0.3, 0.4) is 0 Å². The lowest BCUT2D eigenvalue weighted by Crippen LogP contribution is -2.41. The minimum absolute atomic E-state index is 0.0650. The van der Waals surface area contributed by atoms with Crippen molar-refractivity contribution in [2.75, 3.05) is 26.2 Å². The van der Waals surface area contributed by atoms with Crippen molar-refractivity contribution in [2.45, 2.75) is 44.6 Å². The summed E-state index contributed by atoms with van der Waals surface area (Å²) in [6.07, 6.45) is 7.17. The Hall–Kier alpha value is -0.610. The van der Waals surface area contributed by atoms with Crippen molar-refractivity contribution >= 4 is 5.91 Å². The van der Waals surface area contributed by atoms with Gasteiger partial charge in [0.1, 0.15) is 0 Å². The molecule has 1 saturated carbocycles. The van der Waals surface area contributed by atoms with Crippen LogP contribution in [0.4, 0.5) is 0 Å². The fourth-order valence-electron chi connectivity index (χ4n) is 2.74. The fourth-order valence-corrected chi connectivity index (χ4v) is 2.74. The molecule has 0 bridgehead atoms. The highest BCUT2D eigenvalue weighted by molar-refractivity contribution is 5.76. The topological polar surface area (TPSA) is 50.4 Å². The van der Waals surface area contributed by atoms with Gasteiger partial charge in [-0.3, -0.25) is 4.79 Å². The van der Waals surface area contributed by atoms with Gasteiger partial charge in [-0.1, -0.05) is 25.7 Å². The number of nitrogens with one attached hydrogen (secondary N) is 2. The first-order chi connectivity index (χ1) is 8.34. The summed E-state index contributed by atoms with van der Waals surface area (Å²) in [6, 6.07) is 0. The molecule has 1 unspecified atom stereocenters. The molecule has 2 N–H and O–H groups in total. The molecule has 1 aliphatic carbocycles. The van der Waals surface area contributed by atoms with Gasteiger partial charge < -0.3 is 15.4 Å². The van der Waals surface area contributed by atoms with Crippen LogP contribution in [0.25, 0.3) is 0 Å². The highest BCUT2D eigenvalue weighted by Crippen LogP contribution is 2.26. The van der Waals surface area contributed by atoms with Gasteiger partial charge in [0.15, 0.2) is 0 Å². The van der Waals surface area contributed by atoms with Gasteiger partial charge in [0, 0.05) is 19.6 Å². The van der Waals surface area contributed by atoms with Crippen molar-refractivity contribution in [3.63, 3.8) is 0 Å². The number of carbonyl (C=O) groups excluding carboxylic acids is 1. The standard InChI is InChI=1S/C13H24N2O2/c16-13(9-12-10-14-7-8-17-12)15-6-5-11-3-1-2-4-11/h11-12,14H,1-10H2,(H,15,16). The third kappa shape index (κ3) is 4.64. The van der Waals surface area contributed by atoms with Gasteiger partial charge in [0.25, 0.3) is 0 Å². The summed E-state index contributed by atoms with van der Waals surface area (Å²) in [5.74, 6) is 0.986. The number of carbonyl (C=O) groups is 1. The van der Waals surface area contributed by atoms with Crippen LogP contribution in [0.15, 0.2) is 0 Å². The van der Waals surface area contributed by atoms with Crippen molar-refractivity contribution in [3.8, 4) is 0 Å². The van der Waals surface area contributed by atoms with E-state index in [4.69, 9.17) is 4.74 Å². The van der Waals surface area contributed by atoms with Crippen molar-refractivity contribution in [1.29, 1.82) is 0 Å². The molecule has 2 rings (SSSR count). The van der Waals surface area contributed by atoms with Crippen molar-refractivity contribution in [2.24, 2.45) is 5.92 Å². The maximum Gasteiger partial charge on any atom is 0.222 e. The Bertz CT molecular complexity index is 234. The van der Waals surface area contributed by atoms with Crippen molar-refractivity contribution in [3.05, 3.63) is 0 Å². The molecule has 4 nitrogen and oxygen atoms in total. The first-order valence-corrected chi connectivity index (χ1v) is 6.93. The smallest absolute Gasteiger partial charge is 0.222 e. The molecule has 0 aromatic heterocycles. The van der Waals surface area contributed by atoms with Crippen LogP contribution in [0, 0.1) is 5.92 Å². The first kappa shape index (κ1) is 12.8. The van der Waals surface area contributed by atoms with Gasteiger partial charge in [-0.15, -0.1) is 0 Å². The first-order valence-electron chi connectivity index (χ1n) is 6.93. The number of rotatable bonds is 5. The maximum atomic E-state index is 11.7. The molecule has 98 valence electrons. The van der Waals surface area contributed by atoms with E-state index in [0.29, 0.717) is 6.42 Å². The average Bonchev–Trinajstić information content (AvgIpc) is 2.83. The Morgan fingerprint density at radius 1 is 1.35 bits per heavy atom. The minimum atomic E-state index is 0.0650. The summed E-state index contributed by atoms with van der Waals surface area (Å²) in [7, 11) is 0. The summed E-state index contributed by atoms with van der Waals surface area (Å²) in [6.45, 7) is 3.26. The largest absolute Gasteiger partial charge is 0.375 e. The molecule has 4 heteroatoms. The molecule has 1 amide bonds. The molecule has 0 aromatic rings. The summed E-state index contributed by atoms with van der Waals surface area (Å²) in [5, 5.41) is 6.25. The van der Waals surface area contributed by atoms with Crippen LogP contribution >= 0.6 is 0 Å². The number of hydrogen-bond donors (Lipinski definition) is 2. The van der Waals surface area contributed by atoms with Crippen LogP contribution in [0.2, 0.25) is 0 Å². The fraction of sp³-hybridized carbons (Fsp3) is 0.923. The van der Waals surface area contributed by atoms with Gasteiger partial charge in [0.05, 0.1) is 19.1 Å². The molecular formula is C13H24N2O2. The third-order valence-electron chi connectivity index (χ3n) is 3.77. The molecule has 1 saturated heterocycles. The zero-order valence-electron chi connectivity index (χ0n) is 10.5. The van der Waals surface area contributed by atoms with Gasteiger partial charge in [0.2, 0.25) is 5.91 Å². The highest BCUT2D eigenvalue weighted by Gasteiger charge is 2.18. The van der Waals surface area contributed by atoms with Crippen LogP contribution < -0.4 is 10.6 Å². The molecule has 17 heavy (non-hydrogen) atoms. The molecule has 0 radical (unpaired) electrons. The van der Waals surface area contributed by atoms with Crippen LogP contribution in [0.1, 0.15) is 38.5 Å². The number of ether oxygens (including phenoxy) is 1. The van der Waals surface area contributed by atoms with E-state index in [2.05, 4.69) is 10.6 Å². The Kier molecular flexibility index (Phi) is 5.26. The molecule has 1 heterocycles. The van der Waals surface area contributed by atoms with E-state index in [1.165, 1.54) is 25.7 Å². The van der Waals surface area contributed by atoms with Crippen LogP contribution in [0.5, 0.6) is 0 Å². The second kappa shape index (κ2) is 6.97. The second-order valence-electron chi connectivity index (χ2n) is 5.19. The predicted molar refractivity (Wildman–Crippen MR) is 66.8 cm³/mol. The van der Waals surface area contributed by atoms with Gasteiger partial charge in [-0.05, 0) is 12.3 Å². The Morgan fingerprint density at radius 3 is 2.88 bits per heavy atom. The number of amides is 1. The normalized spacial score (nSPS) is 26.0. The molecule has 1 atom stereocenters. The molecular weight excluding hydrogens is 216 g/mol. The average molecular weight is 240 g/mol. The summed E-state index contributed by atoms with van der Waals surface area (Å²) in [5.41, 5.74) is 0. The maximum absolute atomic E-state index is 11.7. The monoisotopic (exact) mass is 240 g/mol. The second-order valence-corrected chi connectivity index (χ2v) is 5.19. The van der Waals surface area contributed by atoms with Gasteiger partial charge in [-0.25, -0.2) is 0 Å². The molecule has 0 spiro atoms. The van der Waals surface area contributed by atoms with E-state index in [-0.39, 0.29) is 12.0 Å². The van der Waals surface area contributed by atoms with Crippen molar-refractivity contribution in [1.82, 2.24) is 10.6 Å². The lowest BCUT2D eigenvalue weighted by Gasteiger charge is -2.23. The van der Waals surface area contributed by atoms with E-state index >= 15 is 0 Å². The van der Waals surface area contributed by atoms with Gasteiger partial charge in [-0.2, -0.15) is 0 Å². The van der Waals surface area contributed by atoms with E-state index in [9.17, 15) is 4.79 Å². The molecule has 2 aliphatic rings. The highest BCUT2D eigenvalue weighted by atomic mass is 16.5. The van der Waals surface area contributed by atoms with E-state index in [0.717, 1.165) is 38.6 Å². The van der Waals surface area contributed by atoms with Crippen LogP contribution in [-0.2, 0) is 9.53 Å². The molecule has 1 aliphatic heterocycles. The summed E-state index contributed by atoms with van der Waals surface area (Å²) >= 11 is 0. The number of morpholine rings is 1. The zero-order valence-corrected chi connectivity index (χ0v) is 10.5. The van der Waals surface area contributed by atoms with Crippen LogP contribution in [-0.4, -0.2) is 38.3 Å². The number of hydrogen-bond acceptors (Lipinski definition) is 3.